The molecule has 1 aliphatic heterocycles. The summed E-state index contributed by atoms with van der Waals surface area (Å²) in [4.78, 5) is 26.2. The van der Waals surface area contributed by atoms with E-state index in [0.717, 1.165) is 18.9 Å². The molecular formula is C15H19FN4O3. The van der Waals surface area contributed by atoms with Gasteiger partial charge in [0.1, 0.15) is 11.5 Å². The number of amides is 1. The maximum absolute atomic E-state index is 13.4. The van der Waals surface area contributed by atoms with Crippen LogP contribution in [0.3, 0.4) is 0 Å². The summed E-state index contributed by atoms with van der Waals surface area (Å²) in [5.41, 5.74) is 0.211. The fourth-order valence-corrected chi connectivity index (χ4v) is 2.76. The molecule has 1 saturated heterocycles. The Bertz CT molecular complexity index is 613. The summed E-state index contributed by atoms with van der Waals surface area (Å²) in [5.74, 6) is -0.463. The molecule has 1 heterocycles. The van der Waals surface area contributed by atoms with Gasteiger partial charge in [-0.15, -0.1) is 0 Å². The average Bonchev–Trinajstić information content (AvgIpc) is 3.31. The molecule has 2 aliphatic rings. The van der Waals surface area contributed by atoms with Gasteiger partial charge in [-0.05, 0) is 18.9 Å². The van der Waals surface area contributed by atoms with Gasteiger partial charge in [-0.1, -0.05) is 0 Å². The van der Waals surface area contributed by atoms with Crippen LogP contribution in [0.4, 0.5) is 15.8 Å². The number of hydrogen-bond donors (Lipinski definition) is 1. The lowest BCUT2D eigenvalue weighted by molar-refractivity contribution is -0.384. The first-order valence-corrected chi connectivity index (χ1v) is 7.73. The van der Waals surface area contributed by atoms with E-state index in [1.54, 1.807) is 4.90 Å². The molecule has 1 N–H and O–H groups in total. The van der Waals surface area contributed by atoms with Crippen LogP contribution < -0.4 is 10.2 Å². The Morgan fingerprint density at radius 3 is 2.61 bits per heavy atom. The number of nitrogens with zero attached hydrogens (tertiary/aromatic N) is 3. The maximum atomic E-state index is 13.4. The van der Waals surface area contributed by atoms with E-state index in [1.165, 1.54) is 12.1 Å². The van der Waals surface area contributed by atoms with Crippen molar-refractivity contribution in [1.82, 2.24) is 10.2 Å². The van der Waals surface area contributed by atoms with Crippen molar-refractivity contribution in [3.63, 3.8) is 0 Å². The van der Waals surface area contributed by atoms with Crippen LogP contribution in [0.25, 0.3) is 0 Å². The van der Waals surface area contributed by atoms with Crippen molar-refractivity contribution in [1.29, 1.82) is 0 Å². The van der Waals surface area contributed by atoms with Crippen LogP contribution in [0.2, 0.25) is 0 Å². The van der Waals surface area contributed by atoms with Crippen molar-refractivity contribution in [2.45, 2.75) is 18.9 Å². The zero-order chi connectivity index (χ0) is 16.4. The normalized spacial score (nSPS) is 18.7. The molecule has 1 aromatic rings. The van der Waals surface area contributed by atoms with E-state index in [-0.39, 0.29) is 11.6 Å². The highest BCUT2D eigenvalue weighted by Crippen LogP contribution is 2.29. The summed E-state index contributed by atoms with van der Waals surface area (Å²) in [5, 5.41) is 14.0. The van der Waals surface area contributed by atoms with Crippen LogP contribution in [0.1, 0.15) is 12.8 Å². The molecule has 124 valence electrons. The Kier molecular flexibility index (Phi) is 4.42. The molecule has 3 rings (SSSR count). The van der Waals surface area contributed by atoms with E-state index in [2.05, 4.69) is 5.32 Å². The van der Waals surface area contributed by atoms with Gasteiger partial charge in [0.05, 0.1) is 11.5 Å². The molecule has 23 heavy (non-hydrogen) atoms. The third kappa shape index (κ3) is 3.95. The largest absolute Gasteiger partial charge is 0.363 e. The SMILES string of the molecule is O=C(CN1CCN(c2cc(F)ccc2[N+](=O)[O-])CC1)NC1CC1. The van der Waals surface area contributed by atoms with E-state index in [9.17, 15) is 19.3 Å². The minimum Gasteiger partial charge on any atom is -0.363 e. The number of carbonyl (C=O) groups excluding carboxylic acids is 1. The number of nitro groups is 1. The standard InChI is InChI=1S/C15H19FN4O3/c16-11-1-4-13(20(22)23)14(9-11)19-7-5-18(6-8-19)10-15(21)17-12-2-3-12/h1,4,9,12H,2-3,5-8,10H2,(H,17,21). The number of anilines is 1. The molecule has 7 nitrogen and oxygen atoms in total. The second-order valence-electron chi connectivity index (χ2n) is 6.00. The van der Waals surface area contributed by atoms with Crippen molar-refractivity contribution in [2.24, 2.45) is 0 Å². The van der Waals surface area contributed by atoms with E-state index < -0.39 is 10.7 Å². The van der Waals surface area contributed by atoms with Gasteiger partial charge < -0.3 is 10.2 Å². The monoisotopic (exact) mass is 322 g/mol. The third-order valence-electron chi connectivity index (χ3n) is 4.16. The summed E-state index contributed by atoms with van der Waals surface area (Å²) >= 11 is 0. The van der Waals surface area contributed by atoms with E-state index in [4.69, 9.17) is 0 Å². The number of rotatable bonds is 5. The van der Waals surface area contributed by atoms with Gasteiger partial charge >= 0.3 is 0 Å². The van der Waals surface area contributed by atoms with Gasteiger partial charge in [0.15, 0.2) is 0 Å². The summed E-state index contributed by atoms with van der Waals surface area (Å²) < 4.78 is 13.4. The molecular weight excluding hydrogens is 303 g/mol. The highest BCUT2D eigenvalue weighted by atomic mass is 19.1. The first kappa shape index (κ1) is 15.7. The van der Waals surface area contributed by atoms with Gasteiger partial charge in [0.2, 0.25) is 5.91 Å². The van der Waals surface area contributed by atoms with Crippen LogP contribution in [0, 0.1) is 15.9 Å². The third-order valence-corrected chi connectivity index (χ3v) is 4.16. The lowest BCUT2D eigenvalue weighted by Gasteiger charge is -2.35. The number of nitrogens with one attached hydrogen (secondary N) is 1. The first-order valence-electron chi connectivity index (χ1n) is 7.73. The van der Waals surface area contributed by atoms with E-state index >= 15 is 0 Å². The number of hydrogen-bond acceptors (Lipinski definition) is 5. The summed E-state index contributed by atoms with van der Waals surface area (Å²) in [6, 6.07) is 3.84. The molecule has 0 radical (unpaired) electrons. The molecule has 0 aromatic heterocycles. The minimum absolute atomic E-state index is 0.0256. The van der Waals surface area contributed by atoms with Gasteiger partial charge in [0.25, 0.3) is 5.69 Å². The molecule has 1 amide bonds. The average molecular weight is 322 g/mol. The van der Waals surface area contributed by atoms with Crippen molar-refractivity contribution in [2.75, 3.05) is 37.6 Å². The van der Waals surface area contributed by atoms with Crippen LogP contribution in [-0.4, -0.2) is 54.5 Å². The lowest BCUT2D eigenvalue weighted by atomic mass is 10.2. The number of halogens is 1. The summed E-state index contributed by atoms with van der Waals surface area (Å²) in [7, 11) is 0. The van der Waals surface area contributed by atoms with Crippen molar-refractivity contribution in [3.8, 4) is 0 Å². The van der Waals surface area contributed by atoms with Gasteiger partial charge in [-0.2, -0.15) is 0 Å². The Morgan fingerprint density at radius 2 is 2.00 bits per heavy atom. The predicted molar refractivity (Wildman–Crippen MR) is 82.9 cm³/mol. The number of piperazine rings is 1. The minimum atomic E-state index is -0.496. The first-order chi connectivity index (χ1) is 11.0. The van der Waals surface area contributed by atoms with Crippen LogP contribution >= 0.6 is 0 Å². The molecule has 2 fully saturated rings. The lowest BCUT2D eigenvalue weighted by Crippen LogP contribution is -2.49. The Morgan fingerprint density at radius 1 is 1.30 bits per heavy atom. The highest BCUT2D eigenvalue weighted by molar-refractivity contribution is 5.78. The van der Waals surface area contributed by atoms with Crippen LogP contribution in [-0.2, 0) is 4.79 Å². The number of carbonyl (C=O) groups is 1. The molecule has 0 unspecified atom stereocenters. The van der Waals surface area contributed by atoms with E-state index in [0.29, 0.717) is 44.5 Å². The second kappa shape index (κ2) is 6.49. The maximum Gasteiger partial charge on any atom is 0.292 e. The molecule has 0 bridgehead atoms. The summed E-state index contributed by atoms with van der Waals surface area (Å²) in [6.45, 7) is 2.63. The molecule has 1 saturated carbocycles. The van der Waals surface area contributed by atoms with Crippen LogP contribution in [0.5, 0.6) is 0 Å². The Hall–Kier alpha value is -2.22. The molecule has 1 aliphatic carbocycles. The predicted octanol–water partition coefficient (Wildman–Crippen LogP) is 1.13. The van der Waals surface area contributed by atoms with Gasteiger partial charge in [-0.3, -0.25) is 19.8 Å². The van der Waals surface area contributed by atoms with Crippen molar-refractivity contribution < 1.29 is 14.1 Å². The number of nitro benzene ring substituents is 1. The fraction of sp³-hybridized carbons (Fsp3) is 0.533. The molecule has 1 aromatic carbocycles. The summed E-state index contributed by atoms with van der Waals surface area (Å²) in [6.07, 6.45) is 2.12. The topological polar surface area (TPSA) is 78.7 Å². The number of benzene rings is 1. The molecule has 0 spiro atoms. The smallest absolute Gasteiger partial charge is 0.292 e. The zero-order valence-electron chi connectivity index (χ0n) is 12.7. The van der Waals surface area contributed by atoms with E-state index in [1.807, 2.05) is 4.90 Å². The molecule has 8 heteroatoms. The Balaban J connectivity index is 1.59. The van der Waals surface area contributed by atoms with Gasteiger partial charge in [-0.25, -0.2) is 4.39 Å². The Labute approximate surface area is 133 Å². The van der Waals surface area contributed by atoms with Crippen molar-refractivity contribution >= 4 is 17.3 Å². The molecule has 0 atom stereocenters. The van der Waals surface area contributed by atoms with Crippen LogP contribution in [0.15, 0.2) is 18.2 Å². The van der Waals surface area contributed by atoms with Crippen molar-refractivity contribution in [3.05, 3.63) is 34.1 Å². The second-order valence-corrected chi connectivity index (χ2v) is 6.00. The quantitative estimate of drug-likeness (QED) is 0.649. The fourth-order valence-electron chi connectivity index (χ4n) is 2.76. The van der Waals surface area contributed by atoms with Gasteiger partial charge in [0, 0.05) is 44.4 Å². The highest BCUT2D eigenvalue weighted by Gasteiger charge is 2.27. The zero-order valence-corrected chi connectivity index (χ0v) is 12.7.